The van der Waals surface area contributed by atoms with Gasteiger partial charge >= 0.3 is 5.97 Å². The van der Waals surface area contributed by atoms with Crippen LogP contribution in [0.15, 0.2) is 83.2 Å². The molecule has 0 atom stereocenters. The maximum Gasteiger partial charge on any atom is 0.355 e. The molecule has 8 nitrogen and oxygen atoms in total. The number of nitrogens with zero attached hydrogens (tertiary/aromatic N) is 3. The van der Waals surface area contributed by atoms with Crippen LogP contribution in [0.4, 0.5) is 4.39 Å². The quantitative estimate of drug-likeness (QED) is 0.293. The van der Waals surface area contributed by atoms with Crippen molar-refractivity contribution in [3.05, 3.63) is 107 Å². The molecule has 0 aliphatic carbocycles. The predicted octanol–water partition coefficient (Wildman–Crippen LogP) is 5.05. The van der Waals surface area contributed by atoms with E-state index in [-0.39, 0.29) is 16.4 Å². The number of carboxylic acid groups (broad SMARTS) is 1. The van der Waals surface area contributed by atoms with Crippen LogP contribution in [-0.2, 0) is 16.4 Å². The summed E-state index contributed by atoms with van der Waals surface area (Å²) in [7, 11) is -3.83. The molecule has 5 aromatic rings. The maximum atomic E-state index is 14.9. The Hall–Kier alpha value is -4.19. The smallest absolute Gasteiger partial charge is 0.355 e. The Morgan fingerprint density at radius 1 is 1.05 bits per heavy atom. The van der Waals surface area contributed by atoms with E-state index in [0.717, 1.165) is 33.6 Å². The van der Waals surface area contributed by atoms with Crippen LogP contribution < -0.4 is 5.14 Å². The summed E-state index contributed by atoms with van der Waals surface area (Å²) in [5.74, 6) is -1.51. The number of carboxylic acids is 1. The number of sulfonamides is 1. The number of aromatic carboxylic acids is 1. The Balaban J connectivity index is 1.60. The van der Waals surface area contributed by atoms with Crippen molar-refractivity contribution in [2.24, 2.45) is 5.14 Å². The molecule has 2 aromatic heterocycles. The van der Waals surface area contributed by atoms with Crippen molar-refractivity contribution in [3.8, 4) is 27.5 Å². The normalized spacial score (nSPS) is 11.6. The van der Waals surface area contributed by atoms with Gasteiger partial charge in [-0.05, 0) is 48.4 Å². The summed E-state index contributed by atoms with van der Waals surface area (Å²) in [5.41, 5.74) is 4.87. The van der Waals surface area contributed by atoms with Crippen molar-refractivity contribution in [1.29, 1.82) is 0 Å². The lowest BCUT2D eigenvalue weighted by atomic mass is 9.97. The van der Waals surface area contributed by atoms with E-state index in [9.17, 15) is 22.7 Å². The van der Waals surface area contributed by atoms with Gasteiger partial charge in [0.15, 0.2) is 5.69 Å². The molecular weight excluding hydrogens is 527 g/mol. The van der Waals surface area contributed by atoms with Gasteiger partial charge in [0.05, 0.1) is 10.6 Å². The number of benzene rings is 3. The number of hydrogen-bond donors (Lipinski definition) is 2. The topological polar surface area (TPSA) is 128 Å². The number of rotatable bonds is 7. The largest absolute Gasteiger partial charge is 0.476 e. The molecule has 3 N–H and O–H groups in total. The fraction of sp³-hybridized carbons (Fsp3) is 0.0741. The van der Waals surface area contributed by atoms with Crippen LogP contribution in [0.25, 0.3) is 27.5 Å². The minimum atomic E-state index is -3.83. The molecule has 0 fully saturated rings. The zero-order valence-corrected chi connectivity index (χ0v) is 21.6. The molecule has 0 saturated heterocycles. The van der Waals surface area contributed by atoms with Crippen LogP contribution in [0.1, 0.15) is 27.2 Å². The molecule has 38 heavy (non-hydrogen) atoms. The molecular formula is C27H21FN4O4S2. The number of thiazole rings is 1. The summed E-state index contributed by atoms with van der Waals surface area (Å²) in [4.78, 5) is 15.5. The molecule has 2 heterocycles. The number of carbonyl (C=O) groups is 1. The first-order chi connectivity index (χ1) is 18.1. The van der Waals surface area contributed by atoms with E-state index in [1.165, 1.54) is 28.3 Å². The summed E-state index contributed by atoms with van der Waals surface area (Å²) >= 11 is 1.13. The third kappa shape index (κ3) is 5.25. The first-order valence-electron chi connectivity index (χ1n) is 11.3. The Bertz CT molecular complexity index is 1760. The van der Waals surface area contributed by atoms with Crippen LogP contribution >= 0.6 is 11.3 Å². The van der Waals surface area contributed by atoms with Crippen molar-refractivity contribution in [1.82, 2.24) is 14.8 Å². The van der Waals surface area contributed by atoms with E-state index in [0.29, 0.717) is 28.4 Å². The van der Waals surface area contributed by atoms with Crippen molar-refractivity contribution >= 4 is 27.3 Å². The highest BCUT2D eigenvalue weighted by molar-refractivity contribution is 7.89. The summed E-state index contributed by atoms with van der Waals surface area (Å²) in [6.45, 7) is 1.96. The highest BCUT2D eigenvalue weighted by Gasteiger charge is 2.18. The van der Waals surface area contributed by atoms with E-state index in [2.05, 4.69) is 10.1 Å². The van der Waals surface area contributed by atoms with E-state index < -0.39 is 16.0 Å². The average molecular weight is 549 g/mol. The van der Waals surface area contributed by atoms with Crippen molar-refractivity contribution in [2.45, 2.75) is 18.2 Å². The zero-order valence-electron chi connectivity index (χ0n) is 20.0. The van der Waals surface area contributed by atoms with Crippen molar-refractivity contribution in [3.63, 3.8) is 0 Å². The zero-order chi connectivity index (χ0) is 27.0. The second-order valence-corrected chi connectivity index (χ2v) is 11.1. The highest BCUT2D eigenvalue weighted by atomic mass is 32.2. The molecule has 0 radical (unpaired) electrons. The highest BCUT2D eigenvalue weighted by Crippen LogP contribution is 2.32. The second-order valence-electron chi connectivity index (χ2n) is 8.69. The van der Waals surface area contributed by atoms with Crippen molar-refractivity contribution < 1.29 is 22.7 Å². The number of hydrogen-bond acceptors (Lipinski definition) is 6. The van der Waals surface area contributed by atoms with Gasteiger partial charge in [0.1, 0.15) is 5.82 Å². The minimum absolute atomic E-state index is 0.00225. The fourth-order valence-corrected chi connectivity index (χ4v) is 5.23. The third-order valence-corrected chi connectivity index (χ3v) is 7.71. The van der Waals surface area contributed by atoms with Crippen LogP contribution in [0.5, 0.6) is 0 Å². The summed E-state index contributed by atoms with van der Waals surface area (Å²) in [5, 5.41) is 21.0. The molecule has 0 aliphatic rings. The van der Waals surface area contributed by atoms with Crippen LogP contribution in [-0.4, -0.2) is 34.3 Å². The van der Waals surface area contributed by atoms with Gasteiger partial charge in [-0.15, -0.1) is 11.3 Å². The van der Waals surface area contributed by atoms with Gasteiger partial charge in [0.25, 0.3) is 0 Å². The lowest BCUT2D eigenvalue weighted by Crippen LogP contribution is -2.11. The standard InChI is InChI=1S/C27H21FN4O4S2/c1-16-2-6-18(7-3-16)22-13-19(8-11-23(22)28)25-20(12-17-4-9-21(10-5-17)38(29,35)36)14-32(31-25)27-30-24(15-37-27)26(33)34/h2-11,13-15H,12H2,1H3,(H,33,34)(H2,29,35,36). The molecule has 11 heteroatoms. The lowest BCUT2D eigenvalue weighted by Gasteiger charge is -2.08. The van der Waals surface area contributed by atoms with Gasteiger partial charge in [-0.25, -0.2) is 32.4 Å². The van der Waals surface area contributed by atoms with E-state index in [1.54, 1.807) is 30.5 Å². The SMILES string of the molecule is Cc1ccc(-c2cc(-c3nn(-c4nc(C(=O)O)cs4)cc3Cc3ccc(S(N)(=O)=O)cc3)ccc2F)cc1. The summed E-state index contributed by atoms with van der Waals surface area (Å²) in [6, 6.07) is 18.5. The van der Waals surface area contributed by atoms with E-state index >= 15 is 0 Å². The van der Waals surface area contributed by atoms with Crippen molar-refractivity contribution in [2.75, 3.05) is 0 Å². The van der Waals surface area contributed by atoms with Crippen LogP contribution in [0.3, 0.4) is 0 Å². The summed E-state index contributed by atoms with van der Waals surface area (Å²) in [6.07, 6.45) is 2.11. The van der Waals surface area contributed by atoms with Gasteiger partial charge < -0.3 is 5.11 Å². The van der Waals surface area contributed by atoms with E-state index in [4.69, 9.17) is 5.14 Å². The van der Waals surface area contributed by atoms with Gasteiger partial charge in [-0.1, -0.05) is 42.0 Å². The Labute approximate surface area is 221 Å². The Morgan fingerprint density at radius 3 is 2.37 bits per heavy atom. The van der Waals surface area contributed by atoms with Crippen LogP contribution in [0, 0.1) is 12.7 Å². The van der Waals surface area contributed by atoms with E-state index in [1.807, 2.05) is 31.2 Å². The molecule has 0 aliphatic heterocycles. The fourth-order valence-electron chi connectivity index (χ4n) is 3.99. The molecule has 0 unspecified atom stereocenters. The maximum absolute atomic E-state index is 14.9. The third-order valence-electron chi connectivity index (χ3n) is 5.95. The first-order valence-corrected chi connectivity index (χ1v) is 13.8. The molecule has 192 valence electrons. The van der Waals surface area contributed by atoms with Gasteiger partial charge in [-0.2, -0.15) is 5.10 Å². The molecule has 3 aromatic carbocycles. The molecule has 0 saturated carbocycles. The monoisotopic (exact) mass is 548 g/mol. The molecule has 5 rings (SSSR count). The Morgan fingerprint density at radius 2 is 1.74 bits per heavy atom. The average Bonchev–Trinajstić information content (AvgIpc) is 3.53. The number of primary sulfonamides is 1. The molecule has 0 bridgehead atoms. The second kappa shape index (κ2) is 9.93. The lowest BCUT2D eigenvalue weighted by molar-refractivity contribution is 0.0691. The van der Waals surface area contributed by atoms with Gasteiger partial charge in [-0.3, -0.25) is 0 Å². The van der Waals surface area contributed by atoms with Gasteiger partial charge in [0.2, 0.25) is 15.2 Å². The number of halogens is 1. The molecule has 0 amide bonds. The Kier molecular flexibility index (Phi) is 6.66. The van der Waals surface area contributed by atoms with Gasteiger partial charge in [0, 0.05) is 34.7 Å². The summed E-state index contributed by atoms with van der Waals surface area (Å²) < 4.78 is 39.6. The number of nitrogens with two attached hydrogens (primary N) is 1. The number of aromatic nitrogens is 3. The molecule has 0 spiro atoms. The predicted molar refractivity (Wildman–Crippen MR) is 142 cm³/mol. The number of aryl methyl sites for hydroxylation is 1. The first kappa shape index (κ1) is 25.5. The van der Waals surface area contributed by atoms with Crippen LogP contribution in [0.2, 0.25) is 0 Å². The minimum Gasteiger partial charge on any atom is -0.476 e.